The highest BCUT2D eigenvalue weighted by atomic mass is 16.2. The van der Waals surface area contributed by atoms with Crippen molar-refractivity contribution in [2.24, 2.45) is 5.92 Å². The Morgan fingerprint density at radius 1 is 1.09 bits per heavy atom. The number of fused-ring (bicyclic) bond motifs is 1. The van der Waals surface area contributed by atoms with Gasteiger partial charge in [0.2, 0.25) is 5.91 Å². The summed E-state index contributed by atoms with van der Waals surface area (Å²) in [5, 5.41) is 3.48. The third-order valence-corrected chi connectivity index (χ3v) is 6.89. The molecule has 34 heavy (non-hydrogen) atoms. The molecule has 1 aliphatic heterocycles. The van der Waals surface area contributed by atoms with E-state index in [0.29, 0.717) is 24.9 Å². The van der Waals surface area contributed by atoms with Crippen LogP contribution in [0.5, 0.6) is 0 Å². The molecular weight excluding hydrogens is 424 g/mol. The summed E-state index contributed by atoms with van der Waals surface area (Å²) in [5.41, 5.74) is 2.69. The van der Waals surface area contributed by atoms with Gasteiger partial charge in [-0.05, 0) is 12.3 Å². The molecule has 2 aromatic heterocycles. The van der Waals surface area contributed by atoms with Crippen molar-refractivity contribution in [2.75, 3.05) is 38.0 Å². The van der Waals surface area contributed by atoms with E-state index >= 15 is 0 Å². The van der Waals surface area contributed by atoms with E-state index in [0.717, 1.165) is 55.3 Å². The number of nitrogens with one attached hydrogen (secondary N) is 1. The van der Waals surface area contributed by atoms with Gasteiger partial charge < -0.3 is 10.2 Å². The van der Waals surface area contributed by atoms with Crippen molar-refractivity contribution >= 4 is 17.4 Å². The predicted octanol–water partition coefficient (Wildman–Crippen LogP) is 3.86. The van der Waals surface area contributed by atoms with Gasteiger partial charge in [-0.1, -0.05) is 61.6 Å². The zero-order valence-electron chi connectivity index (χ0n) is 19.7. The molecule has 7 heteroatoms. The SMILES string of the molecule is CCC1C=CC=CC1N1CCN(C(=O)CCNc2c(-c3ccccc3)nc3cnccn23)CC1. The minimum absolute atomic E-state index is 0.204. The van der Waals surface area contributed by atoms with Gasteiger partial charge in [0.1, 0.15) is 11.5 Å². The highest BCUT2D eigenvalue weighted by Crippen LogP contribution is 2.28. The summed E-state index contributed by atoms with van der Waals surface area (Å²) >= 11 is 0. The quantitative estimate of drug-likeness (QED) is 0.585. The topological polar surface area (TPSA) is 65.8 Å². The smallest absolute Gasteiger partial charge is 0.224 e. The van der Waals surface area contributed by atoms with E-state index < -0.39 is 0 Å². The third kappa shape index (κ3) is 4.61. The van der Waals surface area contributed by atoms with Gasteiger partial charge >= 0.3 is 0 Å². The van der Waals surface area contributed by atoms with Crippen LogP contribution < -0.4 is 5.32 Å². The van der Waals surface area contributed by atoms with Crippen molar-refractivity contribution in [2.45, 2.75) is 25.8 Å². The van der Waals surface area contributed by atoms with Crippen molar-refractivity contribution in [1.29, 1.82) is 0 Å². The fourth-order valence-corrected chi connectivity index (χ4v) is 5.00. The average Bonchev–Trinajstić information content (AvgIpc) is 3.28. The molecule has 176 valence electrons. The van der Waals surface area contributed by atoms with Crippen LogP contribution in [-0.4, -0.2) is 68.8 Å². The first-order chi connectivity index (χ1) is 16.7. The van der Waals surface area contributed by atoms with Crippen LogP contribution in [0.3, 0.4) is 0 Å². The second-order valence-electron chi connectivity index (χ2n) is 8.91. The van der Waals surface area contributed by atoms with Crippen LogP contribution in [0.25, 0.3) is 16.9 Å². The molecule has 1 aromatic carbocycles. The first-order valence-corrected chi connectivity index (χ1v) is 12.2. The van der Waals surface area contributed by atoms with Crippen LogP contribution in [0, 0.1) is 5.92 Å². The maximum absolute atomic E-state index is 13.0. The van der Waals surface area contributed by atoms with Crippen molar-refractivity contribution in [3.05, 3.63) is 73.2 Å². The Morgan fingerprint density at radius 2 is 1.88 bits per heavy atom. The molecule has 2 aliphatic rings. The Labute approximate surface area is 200 Å². The highest BCUT2D eigenvalue weighted by Gasteiger charge is 2.28. The zero-order valence-corrected chi connectivity index (χ0v) is 19.7. The molecule has 7 nitrogen and oxygen atoms in total. The number of amides is 1. The molecule has 2 unspecified atom stereocenters. The molecule has 0 bridgehead atoms. The zero-order chi connectivity index (χ0) is 23.3. The second-order valence-corrected chi connectivity index (χ2v) is 8.91. The summed E-state index contributed by atoms with van der Waals surface area (Å²) in [4.78, 5) is 26.5. The van der Waals surface area contributed by atoms with Crippen LogP contribution in [0.1, 0.15) is 19.8 Å². The Balaban J connectivity index is 1.19. The molecule has 1 saturated heterocycles. The van der Waals surface area contributed by atoms with Gasteiger partial charge in [-0.3, -0.25) is 19.1 Å². The summed E-state index contributed by atoms with van der Waals surface area (Å²) in [7, 11) is 0. The van der Waals surface area contributed by atoms with Gasteiger partial charge in [-0.2, -0.15) is 0 Å². The lowest BCUT2D eigenvalue weighted by Crippen LogP contribution is -2.53. The molecule has 0 saturated carbocycles. The van der Waals surface area contributed by atoms with Crippen molar-refractivity contribution in [3.8, 4) is 11.3 Å². The Bertz CT molecular complexity index is 1180. The first-order valence-electron chi connectivity index (χ1n) is 12.2. The van der Waals surface area contributed by atoms with E-state index in [4.69, 9.17) is 4.98 Å². The summed E-state index contributed by atoms with van der Waals surface area (Å²) in [6, 6.07) is 10.6. The molecule has 1 fully saturated rings. The third-order valence-electron chi connectivity index (χ3n) is 6.89. The maximum atomic E-state index is 13.0. The van der Waals surface area contributed by atoms with Gasteiger partial charge in [0.25, 0.3) is 0 Å². The first kappa shape index (κ1) is 22.3. The number of benzene rings is 1. The van der Waals surface area contributed by atoms with Crippen LogP contribution >= 0.6 is 0 Å². The minimum atomic E-state index is 0.204. The van der Waals surface area contributed by atoms with Crippen molar-refractivity contribution in [3.63, 3.8) is 0 Å². The lowest BCUT2D eigenvalue weighted by molar-refractivity contribution is -0.132. The van der Waals surface area contributed by atoms with Crippen LogP contribution in [0.4, 0.5) is 5.82 Å². The number of hydrogen-bond acceptors (Lipinski definition) is 5. The predicted molar refractivity (Wildman–Crippen MR) is 136 cm³/mol. The van der Waals surface area contributed by atoms with E-state index in [2.05, 4.69) is 46.4 Å². The molecule has 2 atom stereocenters. The largest absolute Gasteiger partial charge is 0.369 e. The summed E-state index contributed by atoms with van der Waals surface area (Å²) in [6.07, 6.45) is 15.9. The number of piperazine rings is 1. The molecule has 3 aromatic rings. The van der Waals surface area contributed by atoms with E-state index in [-0.39, 0.29) is 5.91 Å². The van der Waals surface area contributed by atoms with Crippen molar-refractivity contribution < 1.29 is 4.79 Å². The molecule has 1 N–H and O–H groups in total. The number of allylic oxidation sites excluding steroid dienone is 2. The van der Waals surface area contributed by atoms with Crippen LogP contribution in [0.2, 0.25) is 0 Å². The molecule has 5 rings (SSSR count). The van der Waals surface area contributed by atoms with E-state index in [1.165, 1.54) is 0 Å². The standard InChI is InChI=1S/C27H32N6O/c1-2-21-8-6-7-11-23(21)31-16-18-32(19-17-31)25(34)12-13-29-27-26(22-9-4-3-5-10-22)30-24-20-28-14-15-33(24)27/h3-11,14-15,20-21,23,29H,2,12-13,16-19H2,1H3. The molecule has 1 aliphatic carbocycles. The summed E-state index contributed by atoms with van der Waals surface area (Å²) < 4.78 is 1.99. The number of rotatable bonds is 7. The maximum Gasteiger partial charge on any atom is 0.224 e. The monoisotopic (exact) mass is 456 g/mol. The van der Waals surface area contributed by atoms with Gasteiger partial charge in [0.15, 0.2) is 5.65 Å². The van der Waals surface area contributed by atoms with Gasteiger partial charge in [0, 0.05) is 63.1 Å². The number of nitrogens with zero attached hydrogens (tertiary/aromatic N) is 5. The summed E-state index contributed by atoms with van der Waals surface area (Å²) in [5.74, 6) is 1.66. The molecule has 3 heterocycles. The highest BCUT2D eigenvalue weighted by molar-refractivity contribution is 5.79. The van der Waals surface area contributed by atoms with Gasteiger partial charge in [0.05, 0.1) is 6.20 Å². The number of carbonyl (C=O) groups is 1. The average molecular weight is 457 g/mol. The molecule has 0 radical (unpaired) electrons. The molecule has 0 spiro atoms. The molecular formula is C27H32N6O. The number of hydrogen-bond donors (Lipinski definition) is 1. The normalized spacial score (nSPS) is 20.7. The van der Waals surface area contributed by atoms with Crippen LogP contribution in [-0.2, 0) is 4.79 Å². The Hall–Kier alpha value is -3.45. The second kappa shape index (κ2) is 10.2. The summed E-state index contributed by atoms with van der Waals surface area (Å²) in [6.45, 7) is 6.24. The van der Waals surface area contributed by atoms with E-state index in [1.54, 1.807) is 12.4 Å². The van der Waals surface area contributed by atoms with E-state index in [1.807, 2.05) is 45.8 Å². The Morgan fingerprint density at radius 3 is 2.68 bits per heavy atom. The number of anilines is 1. The number of carbonyl (C=O) groups excluding carboxylic acids is 1. The number of imidazole rings is 1. The fraction of sp³-hybridized carbons (Fsp3) is 0.370. The van der Waals surface area contributed by atoms with Gasteiger partial charge in [-0.15, -0.1) is 0 Å². The van der Waals surface area contributed by atoms with E-state index in [9.17, 15) is 4.79 Å². The lowest BCUT2D eigenvalue weighted by Gasteiger charge is -2.41. The fourth-order valence-electron chi connectivity index (χ4n) is 5.00. The van der Waals surface area contributed by atoms with Crippen molar-refractivity contribution in [1.82, 2.24) is 24.2 Å². The minimum Gasteiger partial charge on any atom is -0.369 e. The van der Waals surface area contributed by atoms with Crippen LogP contribution in [0.15, 0.2) is 73.2 Å². The number of aromatic nitrogens is 3. The lowest BCUT2D eigenvalue weighted by atomic mass is 9.91. The van der Waals surface area contributed by atoms with Gasteiger partial charge in [-0.25, -0.2) is 4.98 Å². The molecule has 1 amide bonds. The Kier molecular flexibility index (Phi) is 6.72.